The molecule has 0 bridgehead atoms. The molecule has 2 saturated heterocycles. The van der Waals surface area contributed by atoms with Crippen molar-refractivity contribution in [3.63, 3.8) is 0 Å². The Morgan fingerprint density at radius 3 is 2.20 bits per heavy atom. The van der Waals surface area contributed by atoms with Crippen LogP contribution in [0.2, 0.25) is 5.02 Å². The third-order valence-corrected chi connectivity index (χ3v) is 11.4. The normalized spacial score (nSPS) is 27.7. The molecule has 50 heavy (non-hydrogen) atoms. The second-order valence-electron chi connectivity index (χ2n) is 14.8. The quantitative estimate of drug-likeness (QED) is 0.174. The highest BCUT2D eigenvalue weighted by Gasteiger charge is 2.70. The number of benzene rings is 4. The summed E-state index contributed by atoms with van der Waals surface area (Å²) in [5, 5.41) is 13.7. The van der Waals surface area contributed by atoms with E-state index in [2.05, 4.69) is 5.43 Å². The fourth-order valence-corrected chi connectivity index (χ4v) is 9.35. The minimum atomic E-state index is -1.51. The summed E-state index contributed by atoms with van der Waals surface area (Å²) >= 11 is 6.39. The molecule has 2 heterocycles. The highest BCUT2D eigenvalue weighted by Crippen LogP contribution is 2.65. The number of allylic oxidation sites excluding steroid dienone is 2. The number of rotatable bonds is 4. The average Bonchev–Trinajstić information content (AvgIpc) is 3.48. The van der Waals surface area contributed by atoms with Crippen molar-refractivity contribution in [1.82, 2.24) is 9.91 Å². The van der Waals surface area contributed by atoms with Crippen molar-refractivity contribution < 1.29 is 28.7 Å². The van der Waals surface area contributed by atoms with Crippen LogP contribution in [0.4, 0.5) is 10.1 Å². The van der Waals surface area contributed by atoms with Gasteiger partial charge in [0, 0.05) is 21.9 Å². The number of phenolic OH excluding ortho intramolecular Hbond substituents is 1. The molecular formula is C40H35ClFN3O5. The summed E-state index contributed by atoms with van der Waals surface area (Å²) < 4.78 is 13.9. The minimum absolute atomic E-state index is 0.0669. The van der Waals surface area contributed by atoms with Crippen molar-refractivity contribution in [3.05, 3.63) is 119 Å². The number of hydrogen-bond donors (Lipinski definition) is 2. The van der Waals surface area contributed by atoms with Crippen LogP contribution in [0.1, 0.15) is 50.7 Å². The molecule has 0 aromatic heterocycles. The lowest BCUT2D eigenvalue weighted by molar-refractivity contribution is -0.146. The van der Waals surface area contributed by atoms with E-state index in [1.165, 1.54) is 29.2 Å². The number of carbonyl (C=O) groups excluding carboxylic acids is 4. The molecule has 1 saturated carbocycles. The predicted octanol–water partition coefficient (Wildman–Crippen LogP) is 7.12. The molecule has 2 aliphatic carbocycles. The largest absolute Gasteiger partial charge is 0.507 e. The van der Waals surface area contributed by atoms with Gasteiger partial charge in [0.25, 0.3) is 11.8 Å². The zero-order chi connectivity index (χ0) is 35.3. The molecule has 2 aliphatic heterocycles. The summed E-state index contributed by atoms with van der Waals surface area (Å²) in [5.74, 6) is -5.45. The maximum atomic E-state index is 15.3. The number of likely N-dealkylation sites (tertiary alicyclic amines) is 1. The number of hydrogen-bond acceptors (Lipinski definition) is 6. The third kappa shape index (κ3) is 4.48. The van der Waals surface area contributed by atoms with E-state index < -0.39 is 58.2 Å². The van der Waals surface area contributed by atoms with Crippen molar-refractivity contribution >= 4 is 51.7 Å². The molecule has 3 fully saturated rings. The van der Waals surface area contributed by atoms with E-state index >= 15 is 4.79 Å². The van der Waals surface area contributed by atoms with Gasteiger partial charge in [0.15, 0.2) is 0 Å². The summed E-state index contributed by atoms with van der Waals surface area (Å²) in [4.78, 5) is 59.7. The zero-order valence-corrected chi connectivity index (χ0v) is 28.4. The average molecular weight is 692 g/mol. The summed E-state index contributed by atoms with van der Waals surface area (Å²) in [6.07, 6.45) is 2.46. The number of nitrogens with zero attached hydrogens (tertiary/aromatic N) is 2. The van der Waals surface area contributed by atoms with Gasteiger partial charge in [-0.3, -0.25) is 29.5 Å². The van der Waals surface area contributed by atoms with E-state index in [0.717, 1.165) is 10.6 Å². The van der Waals surface area contributed by atoms with Gasteiger partial charge in [-0.25, -0.2) is 4.39 Å². The number of anilines is 1. The van der Waals surface area contributed by atoms with Gasteiger partial charge in [-0.05, 0) is 98.5 Å². The monoisotopic (exact) mass is 691 g/mol. The molecule has 10 heteroatoms. The Labute approximate surface area is 293 Å². The van der Waals surface area contributed by atoms with Crippen molar-refractivity contribution in [2.45, 2.75) is 50.5 Å². The van der Waals surface area contributed by atoms with Gasteiger partial charge < -0.3 is 5.11 Å². The van der Waals surface area contributed by atoms with Crippen LogP contribution >= 0.6 is 11.6 Å². The summed E-state index contributed by atoms with van der Waals surface area (Å²) in [5.41, 5.74) is 3.16. The van der Waals surface area contributed by atoms with Gasteiger partial charge in [-0.1, -0.05) is 65.7 Å². The SMILES string of the molecule is CC(C)(C)N1C(=O)[C@H]2[C@H](CC=C3[C@H]2C[C@H]2C(=O)N(Nc4ccc(F)cc4)C(=O)[C@@]2(c2ccc(Cl)cc2)[C@H]3c2ccc(O)c3ccccc23)C1=O. The third-order valence-electron chi connectivity index (χ3n) is 11.2. The van der Waals surface area contributed by atoms with E-state index in [0.29, 0.717) is 39.0 Å². The number of phenols is 1. The van der Waals surface area contributed by atoms with E-state index in [9.17, 15) is 23.9 Å². The molecular weight excluding hydrogens is 657 g/mol. The molecule has 0 radical (unpaired) electrons. The van der Waals surface area contributed by atoms with Gasteiger partial charge in [-0.15, -0.1) is 0 Å². The maximum absolute atomic E-state index is 15.3. The molecule has 6 atom stereocenters. The van der Waals surface area contributed by atoms with Gasteiger partial charge in [0.05, 0.1) is 28.9 Å². The maximum Gasteiger partial charge on any atom is 0.260 e. The first kappa shape index (κ1) is 32.2. The number of halogens is 2. The Balaban J connectivity index is 1.40. The number of fused-ring (bicyclic) bond motifs is 5. The van der Waals surface area contributed by atoms with Crippen LogP contribution in [-0.2, 0) is 24.6 Å². The Hall–Kier alpha value is -5.02. The van der Waals surface area contributed by atoms with Crippen molar-refractivity contribution in [3.8, 4) is 5.75 Å². The Bertz CT molecular complexity index is 2140. The van der Waals surface area contributed by atoms with E-state index in [-0.39, 0.29) is 24.0 Å². The topological polar surface area (TPSA) is 107 Å². The molecule has 8 rings (SSSR count). The smallest absolute Gasteiger partial charge is 0.260 e. The zero-order valence-electron chi connectivity index (χ0n) is 27.7. The van der Waals surface area contributed by atoms with Crippen molar-refractivity contribution in [2.75, 3.05) is 5.43 Å². The first-order chi connectivity index (χ1) is 23.8. The number of carbonyl (C=O) groups is 4. The number of amides is 4. The lowest BCUT2D eigenvalue weighted by Gasteiger charge is -2.51. The van der Waals surface area contributed by atoms with Crippen LogP contribution in [0.5, 0.6) is 5.75 Å². The standard InChI is InChI=1S/C40H35ClFN3O5/c1-39(2,3)44-35(47)29-17-16-28-30(33(29)37(44)49)20-31-36(48)45(43-24-14-12-23(42)13-15-24)38(50)40(31,21-8-10-22(41)11-9-21)34(28)27-18-19-32(46)26-7-5-4-6-25(26)27/h4-16,18-19,29-31,33-34,43,46H,17,20H2,1-3H3/t29-,30+,31-,33-,34-,40+/m0/s1. The Kier molecular flexibility index (Phi) is 7.25. The summed E-state index contributed by atoms with van der Waals surface area (Å²) in [6.45, 7) is 5.51. The first-order valence-electron chi connectivity index (χ1n) is 16.8. The lowest BCUT2D eigenvalue weighted by atomic mass is 9.49. The van der Waals surface area contributed by atoms with Crippen molar-refractivity contribution in [1.29, 1.82) is 0 Å². The molecule has 0 unspecified atom stereocenters. The van der Waals surface area contributed by atoms with E-state index in [4.69, 9.17) is 11.6 Å². The molecule has 2 N–H and O–H groups in total. The molecule has 4 aromatic rings. The van der Waals surface area contributed by atoms with Crippen LogP contribution in [0, 0.1) is 29.5 Å². The Morgan fingerprint density at radius 1 is 0.840 bits per heavy atom. The fraction of sp³-hybridized carbons (Fsp3) is 0.300. The lowest BCUT2D eigenvalue weighted by Crippen LogP contribution is -2.53. The summed E-state index contributed by atoms with van der Waals surface area (Å²) in [7, 11) is 0. The van der Waals surface area contributed by atoms with Crippen LogP contribution in [0.3, 0.4) is 0 Å². The number of nitrogens with one attached hydrogen (secondary N) is 1. The molecule has 0 spiro atoms. The van der Waals surface area contributed by atoms with Gasteiger partial charge in [-0.2, -0.15) is 5.01 Å². The van der Waals surface area contributed by atoms with Gasteiger partial charge in [0.2, 0.25) is 11.8 Å². The first-order valence-corrected chi connectivity index (χ1v) is 17.2. The number of aromatic hydroxyl groups is 1. The van der Waals surface area contributed by atoms with Gasteiger partial charge >= 0.3 is 0 Å². The predicted molar refractivity (Wildman–Crippen MR) is 186 cm³/mol. The second kappa shape index (κ2) is 11.3. The summed E-state index contributed by atoms with van der Waals surface area (Å²) in [6, 6.07) is 23.1. The van der Waals surface area contributed by atoms with Gasteiger partial charge in [0.1, 0.15) is 11.6 Å². The minimum Gasteiger partial charge on any atom is -0.507 e. The number of hydrazine groups is 1. The molecule has 4 amide bonds. The fourth-order valence-electron chi connectivity index (χ4n) is 9.22. The molecule has 8 nitrogen and oxygen atoms in total. The van der Waals surface area contributed by atoms with Crippen molar-refractivity contribution in [2.24, 2.45) is 23.7 Å². The molecule has 254 valence electrons. The highest BCUT2D eigenvalue weighted by atomic mass is 35.5. The van der Waals surface area contributed by atoms with E-state index in [1.54, 1.807) is 42.5 Å². The van der Waals surface area contributed by atoms with Crippen LogP contribution < -0.4 is 5.43 Å². The van der Waals surface area contributed by atoms with E-state index in [1.807, 2.05) is 45.0 Å². The Morgan fingerprint density at radius 2 is 1.52 bits per heavy atom. The molecule has 4 aliphatic rings. The molecule has 4 aromatic carbocycles. The number of imide groups is 2. The van der Waals surface area contributed by atoms with Crippen LogP contribution in [0.15, 0.2) is 96.6 Å². The second-order valence-corrected chi connectivity index (χ2v) is 15.2. The van der Waals surface area contributed by atoms with Crippen LogP contribution in [-0.4, -0.2) is 44.2 Å². The highest BCUT2D eigenvalue weighted by molar-refractivity contribution is 6.30. The van der Waals surface area contributed by atoms with Crippen LogP contribution in [0.25, 0.3) is 10.8 Å².